The maximum absolute atomic E-state index is 5.96. The number of aromatic nitrogens is 1. The van der Waals surface area contributed by atoms with E-state index in [1.807, 2.05) is 12.1 Å². The van der Waals surface area contributed by atoms with Gasteiger partial charge in [0.1, 0.15) is 0 Å². The Bertz CT molecular complexity index is 537. The lowest BCUT2D eigenvalue weighted by atomic mass is 10.1. The van der Waals surface area contributed by atoms with Crippen LogP contribution in [0.4, 0.5) is 11.4 Å². The number of pyridine rings is 1. The second kappa shape index (κ2) is 7.73. The van der Waals surface area contributed by atoms with Crippen molar-refractivity contribution in [3.63, 3.8) is 0 Å². The van der Waals surface area contributed by atoms with Crippen LogP contribution in [-0.4, -0.2) is 11.5 Å². The van der Waals surface area contributed by atoms with E-state index in [1.54, 1.807) is 6.20 Å². The molecule has 0 spiro atoms. The van der Waals surface area contributed by atoms with Crippen molar-refractivity contribution in [1.82, 2.24) is 4.98 Å². The van der Waals surface area contributed by atoms with Gasteiger partial charge in [-0.15, -0.1) is 0 Å². The first-order valence-electron chi connectivity index (χ1n) is 7.70. The quantitative estimate of drug-likeness (QED) is 0.545. The number of nitrogens with two attached hydrogens (primary N) is 1. The summed E-state index contributed by atoms with van der Waals surface area (Å²) in [6.07, 6.45) is 9.69. The monoisotopic (exact) mass is 271 g/mol. The molecule has 20 heavy (non-hydrogen) atoms. The fraction of sp³-hybridized carbons (Fsp3) is 0.471. The number of benzene rings is 1. The molecular formula is C17H25N3. The number of nitrogens with zero attached hydrogens (tertiary/aromatic N) is 1. The lowest BCUT2D eigenvalue weighted by molar-refractivity contribution is 0.617. The van der Waals surface area contributed by atoms with E-state index in [1.165, 1.54) is 38.5 Å². The molecule has 108 valence electrons. The van der Waals surface area contributed by atoms with Crippen molar-refractivity contribution in [2.75, 3.05) is 17.6 Å². The third-order valence-electron chi connectivity index (χ3n) is 3.65. The van der Waals surface area contributed by atoms with Crippen molar-refractivity contribution in [1.29, 1.82) is 0 Å². The molecule has 0 atom stereocenters. The van der Waals surface area contributed by atoms with Gasteiger partial charge in [-0.3, -0.25) is 4.98 Å². The van der Waals surface area contributed by atoms with Gasteiger partial charge in [0, 0.05) is 23.8 Å². The minimum atomic E-state index is 0.741. The van der Waals surface area contributed by atoms with E-state index in [0.717, 1.165) is 28.8 Å². The molecule has 2 rings (SSSR count). The Labute approximate surface area is 121 Å². The van der Waals surface area contributed by atoms with Crippen LogP contribution in [-0.2, 0) is 0 Å². The van der Waals surface area contributed by atoms with Crippen molar-refractivity contribution >= 4 is 22.3 Å². The van der Waals surface area contributed by atoms with Crippen LogP contribution in [0.3, 0.4) is 0 Å². The summed E-state index contributed by atoms with van der Waals surface area (Å²) in [5, 5.41) is 4.62. The molecule has 0 amide bonds. The Kier molecular flexibility index (Phi) is 5.66. The van der Waals surface area contributed by atoms with Gasteiger partial charge in [-0.1, -0.05) is 39.0 Å². The number of rotatable bonds is 8. The highest BCUT2D eigenvalue weighted by Gasteiger charge is 2.03. The molecule has 0 saturated heterocycles. The van der Waals surface area contributed by atoms with E-state index >= 15 is 0 Å². The summed E-state index contributed by atoms with van der Waals surface area (Å²) in [7, 11) is 0. The van der Waals surface area contributed by atoms with E-state index in [-0.39, 0.29) is 0 Å². The predicted octanol–water partition coefficient (Wildman–Crippen LogP) is 4.59. The highest BCUT2D eigenvalue weighted by molar-refractivity contribution is 5.98. The van der Waals surface area contributed by atoms with Crippen molar-refractivity contribution in [3.05, 3.63) is 30.5 Å². The minimum absolute atomic E-state index is 0.741. The number of anilines is 2. The lowest BCUT2D eigenvalue weighted by Gasteiger charge is -2.10. The van der Waals surface area contributed by atoms with Gasteiger partial charge in [-0.25, -0.2) is 0 Å². The second-order valence-corrected chi connectivity index (χ2v) is 5.30. The first-order chi connectivity index (χ1) is 9.83. The number of nitrogen functional groups attached to an aromatic ring is 1. The average Bonchev–Trinajstić information content (AvgIpc) is 2.49. The molecule has 0 radical (unpaired) electrons. The van der Waals surface area contributed by atoms with Crippen molar-refractivity contribution in [2.45, 2.75) is 45.4 Å². The molecule has 0 saturated carbocycles. The van der Waals surface area contributed by atoms with Gasteiger partial charge in [-0.05, 0) is 30.7 Å². The van der Waals surface area contributed by atoms with Crippen molar-refractivity contribution in [2.24, 2.45) is 0 Å². The molecule has 1 heterocycles. The number of unbranched alkanes of at least 4 members (excludes halogenated alkanes) is 5. The Hall–Kier alpha value is -1.77. The molecule has 0 aliphatic carbocycles. The van der Waals surface area contributed by atoms with E-state index < -0.39 is 0 Å². The number of nitrogens with one attached hydrogen (secondary N) is 1. The van der Waals surface area contributed by atoms with Crippen LogP contribution < -0.4 is 11.1 Å². The van der Waals surface area contributed by atoms with Crippen LogP contribution in [0, 0.1) is 0 Å². The van der Waals surface area contributed by atoms with Crippen LogP contribution in [0.1, 0.15) is 45.4 Å². The van der Waals surface area contributed by atoms with Gasteiger partial charge in [0.25, 0.3) is 0 Å². The summed E-state index contributed by atoms with van der Waals surface area (Å²) < 4.78 is 0. The van der Waals surface area contributed by atoms with Gasteiger partial charge in [0.05, 0.1) is 11.2 Å². The zero-order valence-electron chi connectivity index (χ0n) is 12.4. The second-order valence-electron chi connectivity index (χ2n) is 5.30. The van der Waals surface area contributed by atoms with Gasteiger partial charge in [0.2, 0.25) is 0 Å². The van der Waals surface area contributed by atoms with Gasteiger partial charge in [0.15, 0.2) is 0 Å². The summed E-state index contributed by atoms with van der Waals surface area (Å²) in [5.74, 6) is 0. The Balaban J connectivity index is 1.86. The highest BCUT2D eigenvalue weighted by Crippen LogP contribution is 2.26. The Morgan fingerprint density at radius 2 is 1.85 bits per heavy atom. The van der Waals surface area contributed by atoms with E-state index in [2.05, 4.69) is 29.4 Å². The predicted molar refractivity (Wildman–Crippen MR) is 88.0 cm³/mol. The van der Waals surface area contributed by atoms with E-state index in [9.17, 15) is 0 Å². The Morgan fingerprint density at radius 3 is 2.70 bits per heavy atom. The molecule has 0 aliphatic rings. The molecule has 0 unspecified atom stereocenters. The molecule has 0 aliphatic heterocycles. The maximum Gasteiger partial charge on any atom is 0.0951 e. The molecule has 3 N–H and O–H groups in total. The smallest absolute Gasteiger partial charge is 0.0951 e. The zero-order valence-corrected chi connectivity index (χ0v) is 12.4. The third kappa shape index (κ3) is 3.86. The first-order valence-corrected chi connectivity index (χ1v) is 7.70. The van der Waals surface area contributed by atoms with Gasteiger partial charge < -0.3 is 11.1 Å². The third-order valence-corrected chi connectivity index (χ3v) is 3.65. The largest absolute Gasteiger partial charge is 0.397 e. The maximum atomic E-state index is 5.96. The SMILES string of the molecule is CCCCCCCCNc1ccc(N)c2ncccc12. The van der Waals surface area contributed by atoms with Crippen LogP contribution in [0.5, 0.6) is 0 Å². The minimum Gasteiger partial charge on any atom is -0.397 e. The molecule has 3 nitrogen and oxygen atoms in total. The number of fused-ring (bicyclic) bond motifs is 1. The van der Waals surface area contributed by atoms with Crippen LogP contribution >= 0.6 is 0 Å². The Morgan fingerprint density at radius 1 is 1.05 bits per heavy atom. The summed E-state index contributed by atoms with van der Waals surface area (Å²) in [6, 6.07) is 8.01. The highest BCUT2D eigenvalue weighted by atomic mass is 14.9. The fourth-order valence-electron chi connectivity index (χ4n) is 2.48. The summed E-state index contributed by atoms with van der Waals surface area (Å²) >= 11 is 0. The van der Waals surface area contributed by atoms with E-state index in [0.29, 0.717) is 0 Å². The van der Waals surface area contributed by atoms with Crippen molar-refractivity contribution in [3.8, 4) is 0 Å². The summed E-state index contributed by atoms with van der Waals surface area (Å²) in [4.78, 5) is 4.35. The summed E-state index contributed by atoms with van der Waals surface area (Å²) in [6.45, 7) is 3.27. The number of hydrogen-bond acceptors (Lipinski definition) is 3. The molecule has 2 aromatic rings. The molecular weight excluding hydrogens is 246 g/mol. The topological polar surface area (TPSA) is 50.9 Å². The standard InChI is InChI=1S/C17H25N3/c1-2-3-4-5-6-7-12-19-16-11-10-15(18)17-14(16)9-8-13-20-17/h8-11,13,19H,2-7,12,18H2,1H3. The van der Waals surface area contributed by atoms with Crippen molar-refractivity contribution < 1.29 is 0 Å². The fourth-order valence-corrected chi connectivity index (χ4v) is 2.48. The van der Waals surface area contributed by atoms with E-state index in [4.69, 9.17) is 5.73 Å². The molecule has 0 fully saturated rings. The molecule has 1 aromatic carbocycles. The van der Waals surface area contributed by atoms with Gasteiger partial charge in [-0.2, -0.15) is 0 Å². The lowest BCUT2D eigenvalue weighted by Crippen LogP contribution is -2.03. The van der Waals surface area contributed by atoms with Crippen LogP contribution in [0.2, 0.25) is 0 Å². The molecule has 1 aromatic heterocycles. The zero-order chi connectivity index (χ0) is 14.2. The normalized spacial score (nSPS) is 10.8. The first kappa shape index (κ1) is 14.6. The van der Waals surface area contributed by atoms with Crippen LogP contribution in [0.25, 0.3) is 10.9 Å². The molecule has 0 bridgehead atoms. The summed E-state index contributed by atoms with van der Waals surface area (Å²) in [5.41, 5.74) is 8.72. The van der Waals surface area contributed by atoms with Crippen LogP contribution in [0.15, 0.2) is 30.5 Å². The average molecular weight is 271 g/mol. The molecule has 3 heteroatoms. The number of hydrogen-bond donors (Lipinski definition) is 2. The van der Waals surface area contributed by atoms with Gasteiger partial charge >= 0.3 is 0 Å².